The molecule has 0 fully saturated rings. The fourth-order valence-corrected chi connectivity index (χ4v) is 10.7. The van der Waals surface area contributed by atoms with Gasteiger partial charge in [0.2, 0.25) is 0 Å². The molecule has 0 aliphatic carbocycles. The minimum Gasteiger partial charge on any atom is -0.310 e. The van der Waals surface area contributed by atoms with Gasteiger partial charge in [-0.25, -0.2) is 9.97 Å². The van der Waals surface area contributed by atoms with Crippen molar-refractivity contribution < 1.29 is 0 Å². The van der Waals surface area contributed by atoms with Crippen molar-refractivity contribution >= 4 is 55.9 Å². The third-order valence-electron chi connectivity index (χ3n) is 15.0. The second kappa shape index (κ2) is 21.9. The van der Waals surface area contributed by atoms with E-state index in [1.807, 2.05) is 91.0 Å². The number of para-hydroxylation sites is 2. The van der Waals surface area contributed by atoms with Gasteiger partial charge in [-0.3, -0.25) is 0 Å². The minimum absolute atomic E-state index is 0.539. The molecule has 0 aliphatic rings. The molecule has 0 spiro atoms. The van der Waals surface area contributed by atoms with E-state index in [1.54, 1.807) is 24.3 Å². The number of aromatic nitrogens is 3. The molecule has 0 N–H and O–H groups in total. The van der Waals surface area contributed by atoms with Crippen molar-refractivity contribution in [2.75, 3.05) is 9.80 Å². The Morgan fingerprint density at radius 3 is 0.952 bits per heavy atom. The van der Waals surface area contributed by atoms with Crippen LogP contribution in [0.5, 0.6) is 0 Å². The van der Waals surface area contributed by atoms with Crippen molar-refractivity contribution in [2.24, 2.45) is 0 Å². The van der Waals surface area contributed by atoms with E-state index in [1.165, 1.54) is 0 Å². The van der Waals surface area contributed by atoms with Gasteiger partial charge in [0.05, 0.1) is 69.0 Å². The van der Waals surface area contributed by atoms with Crippen LogP contribution in [0.25, 0.3) is 83.6 Å². The molecular formula is C74H45N9. The third kappa shape index (κ3) is 9.94. The average Bonchev–Trinajstić information content (AvgIpc) is 2.85. The van der Waals surface area contributed by atoms with Gasteiger partial charge in [-0.2, -0.15) is 21.0 Å². The molecule has 0 saturated heterocycles. The smallest absolute Gasteiger partial charge is 0.160 e. The van der Waals surface area contributed by atoms with E-state index in [0.717, 1.165) is 112 Å². The van der Waals surface area contributed by atoms with Gasteiger partial charge in [0.1, 0.15) is 0 Å². The van der Waals surface area contributed by atoms with Crippen LogP contribution in [0.15, 0.2) is 273 Å². The Morgan fingerprint density at radius 2 is 0.578 bits per heavy atom. The first-order chi connectivity index (χ1) is 40.9. The SMILES string of the molecule is N#Cc1ccc(-c2cc(-c3ccc(-c4ccc(-c5ccc(-n6c7ccc(N(c8ccccc8)c8ccccc8)cc7c7cc(N(c8ccc(C#N)cc8)c8ccc(C#N)cc8)ccc76)cc5)cc4)cc3)nc(-c3ccc(C#N)cc3)n2)cc1. The molecule has 13 aromatic rings. The Balaban J connectivity index is 0.846. The van der Waals surface area contributed by atoms with Crippen LogP contribution in [0.2, 0.25) is 0 Å². The van der Waals surface area contributed by atoms with Gasteiger partial charge in [-0.1, -0.05) is 109 Å². The van der Waals surface area contributed by atoms with Crippen LogP contribution in [-0.2, 0) is 0 Å². The number of rotatable bonds is 12. The predicted octanol–water partition coefficient (Wildman–Crippen LogP) is 18.3. The zero-order chi connectivity index (χ0) is 56.2. The summed E-state index contributed by atoms with van der Waals surface area (Å²) in [6.07, 6.45) is 0. The van der Waals surface area contributed by atoms with Crippen LogP contribution in [-0.4, -0.2) is 14.5 Å². The van der Waals surface area contributed by atoms with E-state index >= 15 is 0 Å². The largest absolute Gasteiger partial charge is 0.310 e. The lowest BCUT2D eigenvalue weighted by Crippen LogP contribution is -2.10. The summed E-state index contributed by atoms with van der Waals surface area (Å²) in [4.78, 5) is 14.4. The fourth-order valence-electron chi connectivity index (χ4n) is 10.7. The molecular weight excluding hydrogens is 1010 g/mol. The molecule has 9 heteroatoms. The van der Waals surface area contributed by atoms with Crippen molar-refractivity contribution in [3.05, 3.63) is 295 Å². The van der Waals surface area contributed by atoms with Crippen molar-refractivity contribution in [1.29, 1.82) is 21.0 Å². The van der Waals surface area contributed by atoms with Crippen LogP contribution < -0.4 is 9.80 Å². The number of hydrogen-bond donors (Lipinski definition) is 0. The van der Waals surface area contributed by atoms with Crippen molar-refractivity contribution in [3.63, 3.8) is 0 Å². The molecule has 11 aromatic carbocycles. The molecule has 386 valence electrons. The van der Waals surface area contributed by atoms with Crippen LogP contribution in [0, 0.1) is 45.3 Å². The summed E-state index contributed by atoms with van der Waals surface area (Å²) in [5.74, 6) is 0.539. The highest BCUT2D eigenvalue weighted by atomic mass is 15.1. The summed E-state index contributed by atoms with van der Waals surface area (Å²) in [5.41, 5.74) is 19.5. The van der Waals surface area contributed by atoms with Gasteiger partial charge in [0.15, 0.2) is 5.82 Å². The summed E-state index contributed by atoms with van der Waals surface area (Å²) >= 11 is 0. The highest BCUT2D eigenvalue weighted by molar-refractivity contribution is 6.12. The Bertz CT molecular complexity index is 4530. The maximum absolute atomic E-state index is 9.70. The molecule has 0 aliphatic heterocycles. The maximum atomic E-state index is 9.70. The molecule has 0 saturated carbocycles. The van der Waals surface area contributed by atoms with E-state index in [2.05, 4.69) is 196 Å². The highest BCUT2D eigenvalue weighted by Gasteiger charge is 2.21. The Kier molecular flexibility index (Phi) is 13.3. The summed E-state index contributed by atoms with van der Waals surface area (Å²) in [6.45, 7) is 0. The second-order valence-corrected chi connectivity index (χ2v) is 19.9. The number of hydrogen-bond acceptors (Lipinski definition) is 8. The topological polar surface area (TPSA) is 132 Å². The lowest BCUT2D eigenvalue weighted by molar-refractivity contribution is 1.18. The number of fused-ring (bicyclic) bond motifs is 3. The predicted molar refractivity (Wildman–Crippen MR) is 332 cm³/mol. The Hall–Kier alpha value is -12.1. The summed E-state index contributed by atoms with van der Waals surface area (Å²) in [7, 11) is 0. The molecule has 0 atom stereocenters. The van der Waals surface area contributed by atoms with Gasteiger partial charge >= 0.3 is 0 Å². The van der Waals surface area contributed by atoms with Gasteiger partial charge < -0.3 is 14.4 Å². The van der Waals surface area contributed by atoms with Gasteiger partial charge in [0.25, 0.3) is 0 Å². The normalized spacial score (nSPS) is 10.8. The average molecular weight is 1060 g/mol. The first-order valence-electron chi connectivity index (χ1n) is 26.9. The van der Waals surface area contributed by atoms with E-state index in [0.29, 0.717) is 28.1 Å². The standard InChI is InChI=1S/C74H45N9/c75-46-50-11-19-58(20-12-50)70-45-71(80-74(79-70)60-21-13-51(47-76)14-22-60)59-29-27-56(28-30-59)54-23-25-55(26-24-54)57-31-37-65(38-32-57)83-72-41-39-66(81(61-7-3-1-4-8-61)62-9-5-2-6-10-62)43-68(72)69-44-67(40-42-73(69)83)82(63-33-15-52(48-77)16-34-63)64-35-17-53(49-78)18-36-64/h1-45H. The van der Waals surface area contributed by atoms with E-state index < -0.39 is 0 Å². The molecule has 2 heterocycles. The minimum atomic E-state index is 0.539. The zero-order valence-corrected chi connectivity index (χ0v) is 44.5. The van der Waals surface area contributed by atoms with Crippen LogP contribution in [0.1, 0.15) is 22.3 Å². The summed E-state index contributed by atoms with van der Waals surface area (Å²) in [6, 6.07) is 101. The molecule has 0 bridgehead atoms. The first-order valence-corrected chi connectivity index (χ1v) is 26.9. The van der Waals surface area contributed by atoms with Crippen LogP contribution in [0.4, 0.5) is 34.1 Å². The monoisotopic (exact) mass is 1060 g/mol. The molecule has 83 heavy (non-hydrogen) atoms. The van der Waals surface area contributed by atoms with Gasteiger partial charge in [0, 0.05) is 67.3 Å². The second-order valence-electron chi connectivity index (χ2n) is 19.9. The van der Waals surface area contributed by atoms with E-state index in [-0.39, 0.29) is 0 Å². The highest BCUT2D eigenvalue weighted by Crippen LogP contribution is 2.43. The Labute approximate surface area is 480 Å². The zero-order valence-electron chi connectivity index (χ0n) is 44.5. The van der Waals surface area contributed by atoms with E-state index in [4.69, 9.17) is 9.97 Å². The molecule has 0 unspecified atom stereocenters. The molecule has 13 rings (SSSR count). The van der Waals surface area contributed by atoms with Gasteiger partial charge in [-0.15, -0.1) is 0 Å². The van der Waals surface area contributed by atoms with Crippen molar-refractivity contribution in [2.45, 2.75) is 0 Å². The number of benzene rings is 11. The van der Waals surface area contributed by atoms with Crippen molar-refractivity contribution in [3.8, 4) is 86.1 Å². The summed E-state index contributed by atoms with van der Waals surface area (Å²) in [5, 5.41) is 40.4. The molecule has 0 radical (unpaired) electrons. The first kappa shape index (κ1) is 50.4. The quantitative estimate of drug-likeness (QED) is 0.118. The Morgan fingerprint density at radius 1 is 0.277 bits per heavy atom. The molecule has 9 nitrogen and oxygen atoms in total. The van der Waals surface area contributed by atoms with Crippen molar-refractivity contribution in [1.82, 2.24) is 14.5 Å². The molecule has 0 amide bonds. The fraction of sp³-hybridized carbons (Fsp3) is 0. The van der Waals surface area contributed by atoms with Crippen LogP contribution >= 0.6 is 0 Å². The van der Waals surface area contributed by atoms with E-state index in [9.17, 15) is 21.0 Å². The van der Waals surface area contributed by atoms with Crippen LogP contribution in [0.3, 0.4) is 0 Å². The molecule has 2 aromatic heterocycles. The summed E-state index contributed by atoms with van der Waals surface area (Å²) < 4.78 is 2.33. The number of nitrogens with zero attached hydrogens (tertiary/aromatic N) is 9. The van der Waals surface area contributed by atoms with Gasteiger partial charge in [-0.05, 0) is 186 Å². The lowest BCUT2D eigenvalue weighted by Gasteiger charge is -2.26. The third-order valence-corrected chi connectivity index (χ3v) is 15.0. The maximum Gasteiger partial charge on any atom is 0.160 e. The number of anilines is 6. The lowest BCUT2D eigenvalue weighted by atomic mass is 9.98. The number of nitriles is 4.